The Labute approximate surface area is 163 Å². The molecule has 3 rings (SSSR count). The van der Waals surface area contributed by atoms with Gasteiger partial charge in [-0.25, -0.2) is 4.98 Å². The number of carbonyl (C=O) groups is 1. The third-order valence-corrected chi connectivity index (χ3v) is 4.18. The molecule has 0 aliphatic carbocycles. The fourth-order valence-corrected chi connectivity index (χ4v) is 2.96. The lowest BCUT2D eigenvalue weighted by molar-refractivity contribution is -0.384. The molecule has 0 saturated carbocycles. The minimum atomic E-state index is -0.487. The number of amides is 1. The van der Waals surface area contributed by atoms with E-state index in [4.69, 9.17) is 0 Å². The van der Waals surface area contributed by atoms with Crippen LogP contribution in [0.2, 0.25) is 0 Å². The molecule has 1 saturated heterocycles. The highest BCUT2D eigenvalue weighted by Crippen LogP contribution is 2.24. The van der Waals surface area contributed by atoms with E-state index in [-0.39, 0.29) is 48.0 Å². The van der Waals surface area contributed by atoms with E-state index < -0.39 is 4.92 Å². The van der Waals surface area contributed by atoms with Crippen LogP contribution in [0.4, 0.5) is 5.69 Å². The van der Waals surface area contributed by atoms with Crippen LogP contribution in [0.5, 0.6) is 0 Å². The van der Waals surface area contributed by atoms with Gasteiger partial charge < -0.3 is 15.2 Å². The number of benzene rings is 1. The Balaban J connectivity index is 0.00000169. The molecule has 1 fully saturated rings. The summed E-state index contributed by atoms with van der Waals surface area (Å²) >= 11 is 0. The van der Waals surface area contributed by atoms with Gasteiger partial charge in [0.25, 0.3) is 11.6 Å². The van der Waals surface area contributed by atoms with Gasteiger partial charge in [0.05, 0.1) is 11.3 Å². The van der Waals surface area contributed by atoms with E-state index in [0.29, 0.717) is 11.7 Å². The standard InChI is InChI=1S/C16H19N5O3.2ClH/c1-11-8-13(4-5-18-11)19-16(22)12-2-3-14(15(9-12)21(23)24)20-7-6-17-10-20;;/h2-3,6-7,9-11,13,18H,4-5,8H2,1H3,(H,19,22);2*1H. The van der Waals surface area contributed by atoms with Crippen LogP contribution < -0.4 is 10.6 Å². The van der Waals surface area contributed by atoms with Crippen LogP contribution in [-0.4, -0.2) is 39.0 Å². The molecule has 142 valence electrons. The van der Waals surface area contributed by atoms with Gasteiger partial charge in [0, 0.05) is 36.1 Å². The van der Waals surface area contributed by atoms with Crippen molar-refractivity contribution in [2.45, 2.75) is 31.8 Å². The van der Waals surface area contributed by atoms with E-state index >= 15 is 0 Å². The molecule has 0 radical (unpaired) electrons. The molecule has 8 nitrogen and oxygen atoms in total. The summed E-state index contributed by atoms with van der Waals surface area (Å²) in [5.41, 5.74) is 0.542. The van der Waals surface area contributed by atoms with Gasteiger partial charge in [0.2, 0.25) is 0 Å². The van der Waals surface area contributed by atoms with E-state index in [2.05, 4.69) is 22.5 Å². The van der Waals surface area contributed by atoms with Crippen LogP contribution in [0.15, 0.2) is 36.9 Å². The highest BCUT2D eigenvalue weighted by atomic mass is 35.5. The first kappa shape index (κ1) is 21.9. The lowest BCUT2D eigenvalue weighted by Crippen LogP contribution is -2.46. The predicted octanol–water partition coefficient (Wildman–Crippen LogP) is 2.49. The van der Waals surface area contributed by atoms with Gasteiger partial charge in [0.1, 0.15) is 5.69 Å². The molecule has 1 aromatic heterocycles. The summed E-state index contributed by atoms with van der Waals surface area (Å²) in [6.45, 7) is 2.93. The summed E-state index contributed by atoms with van der Waals surface area (Å²) < 4.78 is 1.55. The van der Waals surface area contributed by atoms with Crippen molar-refractivity contribution in [3.8, 4) is 5.69 Å². The van der Waals surface area contributed by atoms with Crippen LogP contribution in [-0.2, 0) is 0 Å². The molecule has 10 heteroatoms. The highest BCUT2D eigenvalue weighted by Gasteiger charge is 2.23. The zero-order valence-electron chi connectivity index (χ0n) is 14.1. The number of nitrogens with zero attached hydrogens (tertiary/aromatic N) is 3. The maximum Gasteiger partial charge on any atom is 0.294 e. The third kappa shape index (κ3) is 4.94. The fraction of sp³-hybridized carbons (Fsp3) is 0.375. The molecule has 1 amide bonds. The minimum Gasteiger partial charge on any atom is -0.349 e. The van der Waals surface area contributed by atoms with Crippen LogP contribution in [0, 0.1) is 10.1 Å². The van der Waals surface area contributed by atoms with Gasteiger partial charge in [-0.1, -0.05) is 0 Å². The molecule has 2 aromatic rings. The number of nitro groups is 1. The minimum absolute atomic E-state index is 0. The van der Waals surface area contributed by atoms with Gasteiger partial charge in [-0.3, -0.25) is 14.9 Å². The van der Waals surface area contributed by atoms with Crippen molar-refractivity contribution in [1.82, 2.24) is 20.2 Å². The SMILES string of the molecule is CC1CC(NC(=O)c2ccc(-n3ccnc3)c([N+](=O)[O-])c2)CCN1.Cl.Cl. The monoisotopic (exact) mass is 401 g/mol. The van der Waals surface area contributed by atoms with Crippen molar-refractivity contribution in [1.29, 1.82) is 0 Å². The predicted molar refractivity (Wildman–Crippen MR) is 103 cm³/mol. The second-order valence-corrected chi connectivity index (χ2v) is 5.98. The highest BCUT2D eigenvalue weighted by molar-refractivity contribution is 5.95. The summed E-state index contributed by atoms with van der Waals surface area (Å²) in [6.07, 6.45) is 6.35. The Kier molecular flexibility index (Phi) is 8.01. The number of nitrogens with one attached hydrogen (secondary N) is 2. The van der Waals surface area contributed by atoms with Crippen molar-refractivity contribution in [2.75, 3.05) is 6.54 Å². The molecule has 2 unspecified atom stereocenters. The summed E-state index contributed by atoms with van der Waals surface area (Å²) in [5, 5.41) is 17.6. The molecule has 1 aliphatic heterocycles. The molecule has 0 bridgehead atoms. The molecule has 0 spiro atoms. The smallest absolute Gasteiger partial charge is 0.294 e. The van der Waals surface area contributed by atoms with Crippen molar-refractivity contribution >= 4 is 36.4 Å². The Morgan fingerprint density at radius 3 is 2.81 bits per heavy atom. The van der Waals surface area contributed by atoms with E-state index in [0.717, 1.165) is 19.4 Å². The number of halogens is 2. The molecular formula is C16H21Cl2N5O3. The van der Waals surface area contributed by atoms with Crippen molar-refractivity contribution in [3.63, 3.8) is 0 Å². The fourth-order valence-electron chi connectivity index (χ4n) is 2.96. The number of rotatable bonds is 4. The molecule has 1 aromatic carbocycles. The van der Waals surface area contributed by atoms with Gasteiger partial charge in [0.15, 0.2) is 0 Å². The summed E-state index contributed by atoms with van der Waals surface area (Å²) in [7, 11) is 0. The van der Waals surface area contributed by atoms with E-state index in [1.165, 1.54) is 12.4 Å². The number of aromatic nitrogens is 2. The Morgan fingerprint density at radius 1 is 1.42 bits per heavy atom. The third-order valence-electron chi connectivity index (χ3n) is 4.18. The number of nitro benzene ring substituents is 1. The molecule has 26 heavy (non-hydrogen) atoms. The van der Waals surface area contributed by atoms with Gasteiger partial charge >= 0.3 is 0 Å². The first-order valence-corrected chi connectivity index (χ1v) is 7.85. The van der Waals surface area contributed by atoms with Gasteiger partial charge in [-0.2, -0.15) is 0 Å². The molecular weight excluding hydrogens is 381 g/mol. The number of hydrogen-bond acceptors (Lipinski definition) is 5. The second-order valence-electron chi connectivity index (χ2n) is 5.98. The molecule has 2 heterocycles. The second kappa shape index (κ2) is 9.51. The maximum atomic E-state index is 12.4. The zero-order chi connectivity index (χ0) is 17.1. The van der Waals surface area contributed by atoms with Gasteiger partial charge in [-0.05, 0) is 38.4 Å². The number of piperidine rings is 1. The normalized spacial score (nSPS) is 19.0. The van der Waals surface area contributed by atoms with Gasteiger partial charge in [-0.15, -0.1) is 24.8 Å². The first-order chi connectivity index (χ1) is 11.5. The topological polar surface area (TPSA) is 102 Å². The average molecular weight is 402 g/mol. The van der Waals surface area contributed by atoms with E-state index in [1.54, 1.807) is 29.1 Å². The largest absolute Gasteiger partial charge is 0.349 e. The maximum absolute atomic E-state index is 12.4. The van der Waals surface area contributed by atoms with Crippen molar-refractivity contribution in [2.24, 2.45) is 0 Å². The number of hydrogen-bond donors (Lipinski definition) is 2. The molecule has 1 aliphatic rings. The van der Waals surface area contributed by atoms with Crippen LogP contribution in [0.1, 0.15) is 30.1 Å². The van der Waals surface area contributed by atoms with Crippen LogP contribution >= 0.6 is 24.8 Å². The molecule has 2 atom stereocenters. The quantitative estimate of drug-likeness (QED) is 0.604. The lowest BCUT2D eigenvalue weighted by Gasteiger charge is -2.28. The summed E-state index contributed by atoms with van der Waals surface area (Å²) in [4.78, 5) is 27.2. The zero-order valence-corrected chi connectivity index (χ0v) is 15.8. The van der Waals surface area contributed by atoms with Crippen molar-refractivity contribution in [3.05, 3.63) is 52.6 Å². The number of carbonyl (C=O) groups excluding carboxylic acids is 1. The first-order valence-electron chi connectivity index (χ1n) is 7.85. The Morgan fingerprint density at radius 2 is 2.19 bits per heavy atom. The van der Waals surface area contributed by atoms with Crippen LogP contribution in [0.25, 0.3) is 5.69 Å². The van der Waals surface area contributed by atoms with E-state index in [1.807, 2.05) is 0 Å². The summed E-state index contributed by atoms with van der Waals surface area (Å²) in [6, 6.07) is 4.92. The Bertz CT molecular complexity index is 754. The van der Waals surface area contributed by atoms with Crippen LogP contribution in [0.3, 0.4) is 0 Å². The average Bonchev–Trinajstić information content (AvgIpc) is 3.08. The molecule has 2 N–H and O–H groups in total. The lowest BCUT2D eigenvalue weighted by atomic mass is 10.00. The van der Waals surface area contributed by atoms with E-state index in [9.17, 15) is 14.9 Å². The summed E-state index contributed by atoms with van der Waals surface area (Å²) in [5.74, 6) is -0.283. The Hall–Kier alpha value is -2.16. The number of imidazole rings is 1. The van der Waals surface area contributed by atoms with Crippen molar-refractivity contribution < 1.29 is 9.72 Å².